The van der Waals surface area contributed by atoms with Crippen LogP contribution in [0.1, 0.15) is 41.2 Å². The number of carbonyl (C=O) groups is 2. The highest BCUT2D eigenvalue weighted by molar-refractivity contribution is 5.97. The number of nitrogens with zero attached hydrogens (tertiary/aromatic N) is 1. The van der Waals surface area contributed by atoms with Crippen molar-refractivity contribution >= 4 is 12.2 Å². The molecule has 3 rings (SSSR count). The predicted molar refractivity (Wildman–Crippen MR) is 103 cm³/mol. The first kappa shape index (κ1) is 18.3. The van der Waals surface area contributed by atoms with Crippen LogP contribution in [0.15, 0.2) is 60.7 Å². The molecule has 1 saturated heterocycles. The summed E-state index contributed by atoms with van der Waals surface area (Å²) in [6.07, 6.45) is 3.41. The van der Waals surface area contributed by atoms with Crippen molar-refractivity contribution in [3.63, 3.8) is 0 Å². The summed E-state index contributed by atoms with van der Waals surface area (Å²) >= 11 is 0. The zero-order valence-corrected chi connectivity index (χ0v) is 15.0. The van der Waals surface area contributed by atoms with E-state index in [-0.39, 0.29) is 17.7 Å². The fourth-order valence-corrected chi connectivity index (χ4v) is 3.83. The lowest BCUT2D eigenvalue weighted by molar-refractivity contribution is -0.109. The van der Waals surface area contributed by atoms with E-state index >= 15 is 0 Å². The van der Waals surface area contributed by atoms with Crippen LogP contribution in [0.2, 0.25) is 0 Å². The van der Waals surface area contributed by atoms with Crippen molar-refractivity contribution in [1.29, 1.82) is 0 Å². The van der Waals surface area contributed by atoms with Gasteiger partial charge in [0.25, 0.3) is 0 Å². The maximum absolute atomic E-state index is 12.7. The average Bonchev–Trinajstić information content (AvgIpc) is 2.72. The molecule has 1 aliphatic rings. The van der Waals surface area contributed by atoms with Crippen LogP contribution in [-0.2, 0) is 4.79 Å². The Balaban J connectivity index is 1.63. The molecule has 1 N–H and O–H groups in total. The molecule has 136 valence electrons. The monoisotopic (exact) mass is 350 g/mol. The van der Waals surface area contributed by atoms with Crippen LogP contribution in [0.25, 0.3) is 0 Å². The Morgan fingerprint density at radius 3 is 2.27 bits per heavy atom. The molecule has 26 heavy (non-hydrogen) atoms. The molecule has 0 spiro atoms. The molecule has 4 nitrogen and oxygen atoms in total. The Hall–Kier alpha value is -2.46. The Kier molecular flexibility index (Phi) is 6.56. The van der Waals surface area contributed by atoms with Gasteiger partial charge in [-0.25, -0.2) is 0 Å². The number of ketones is 1. The lowest BCUT2D eigenvalue weighted by atomic mass is 9.87. The Labute approximate surface area is 155 Å². The third-order valence-electron chi connectivity index (χ3n) is 5.23. The van der Waals surface area contributed by atoms with Crippen LogP contribution in [0, 0.1) is 5.92 Å². The van der Waals surface area contributed by atoms with Gasteiger partial charge in [-0.15, -0.1) is 0 Å². The number of nitrogens with one attached hydrogen (secondary N) is 1. The van der Waals surface area contributed by atoms with Crippen molar-refractivity contribution in [3.8, 4) is 0 Å². The van der Waals surface area contributed by atoms with Gasteiger partial charge in [0, 0.05) is 24.1 Å². The minimum atomic E-state index is 0.109. The van der Waals surface area contributed by atoms with E-state index in [2.05, 4.69) is 34.5 Å². The number of amides is 1. The van der Waals surface area contributed by atoms with Crippen LogP contribution >= 0.6 is 0 Å². The van der Waals surface area contributed by atoms with Crippen molar-refractivity contribution in [2.24, 2.45) is 5.92 Å². The lowest BCUT2D eigenvalue weighted by Gasteiger charge is -2.37. The molecule has 1 fully saturated rings. The van der Waals surface area contributed by atoms with Gasteiger partial charge in [-0.1, -0.05) is 60.7 Å². The molecule has 2 aromatic rings. The van der Waals surface area contributed by atoms with Gasteiger partial charge in [-0.05, 0) is 37.9 Å². The van der Waals surface area contributed by atoms with Gasteiger partial charge < -0.3 is 5.32 Å². The van der Waals surface area contributed by atoms with E-state index in [4.69, 9.17) is 0 Å². The number of Topliss-reactive ketones (excluding diaryl/α,β-unsaturated/α-hetero) is 1. The Bertz CT molecular complexity index is 695. The molecule has 1 amide bonds. The van der Waals surface area contributed by atoms with Crippen molar-refractivity contribution in [2.45, 2.75) is 25.3 Å². The molecule has 0 bridgehead atoms. The molecule has 0 aliphatic carbocycles. The number of piperidine rings is 1. The predicted octanol–water partition coefficient (Wildman–Crippen LogP) is 3.46. The minimum absolute atomic E-state index is 0.109. The molecule has 0 aromatic heterocycles. The van der Waals surface area contributed by atoms with Gasteiger partial charge in [0.15, 0.2) is 5.78 Å². The highest BCUT2D eigenvalue weighted by Gasteiger charge is 2.29. The van der Waals surface area contributed by atoms with E-state index in [1.165, 1.54) is 5.56 Å². The highest BCUT2D eigenvalue weighted by Crippen LogP contribution is 2.30. The Morgan fingerprint density at radius 2 is 1.65 bits per heavy atom. The summed E-state index contributed by atoms with van der Waals surface area (Å²) in [7, 11) is 0. The molecule has 0 radical (unpaired) electrons. The van der Waals surface area contributed by atoms with Gasteiger partial charge in [-0.3, -0.25) is 14.5 Å². The molecular weight excluding hydrogens is 324 g/mol. The van der Waals surface area contributed by atoms with Crippen LogP contribution in [0.4, 0.5) is 0 Å². The first-order chi connectivity index (χ1) is 12.8. The lowest BCUT2D eigenvalue weighted by Crippen LogP contribution is -2.39. The maximum Gasteiger partial charge on any atom is 0.207 e. The van der Waals surface area contributed by atoms with Gasteiger partial charge in [0.2, 0.25) is 6.41 Å². The minimum Gasteiger partial charge on any atom is -0.359 e. The standard InChI is InChI=1S/C22H26N2O2/c25-17-23-14-11-21(18-7-3-1-4-8-18)24-15-12-20(13-16-24)22(26)19-9-5-2-6-10-19/h1-10,17,20-21H,11-16H2,(H,23,25). The molecule has 0 saturated carbocycles. The van der Waals surface area contributed by atoms with Crippen LogP contribution < -0.4 is 5.32 Å². The summed E-state index contributed by atoms with van der Waals surface area (Å²) in [5, 5.41) is 2.77. The molecule has 4 heteroatoms. The zero-order chi connectivity index (χ0) is 18.2. The molecule has 1 heterocycles. The third kappa shape index (κ3) is 4.58. The summed E-state index contributed by atoms with van der Waals surface area (Å²) in [5.41, 5.74) is 2.09. The van der Waals surface area contributed by atoms with E-state index in [0.717, 1.165) is 44.3 Å². The first-order valence-corrected chi connectivity index (χ1v) is 9.35. The average molecular weight is 350 g/mol. The molecule has 1 atom stereocenters. The molecule has 1 aliphatic heterocycles. The second-order valence-electron chi connectivity index (χ2n) is 6.83. The van der Waals surface area contributed by atoms with E-state index in [1.807, 2.05) is 36.4 Å². The SMILES string of the molecule is O=CNCCC(c1ccccc1)N1CCC(C(=O)c2ccccc2)CC1. The quantitative estimate of drug-likeness (QED) is 0.451. The second-order valence-corrected chi connectivity index (χ2v) is 6.83. The summed E-state index contributed by atoms with van der Waals surface area (Å²) in [5.74, 6) is 0.377. The van der Waals surface area contributed by atoms with E-state index in [1.54, 1.807) is 0 Å². The number of carbonyl (C=O) groups excluding carboxylic acids is 2. The van der Waals surface area contributed by atoms with Crippen LogP contribution in [-0.4, -0.2) is 36.7 Å². The van der Waals surface area contributed by atoms with Crippen molar-refractivity contribution in [3.05, 3.63) is 71.8 Å². The molecular formula is C22H26N2O2. The van der Waals surface area contributed by atoms with Crippen molar-refractivity contribution in [2.75, 3.05) is 19.6 Å². The normalized spacial score (nSPS) is 16.8. The Morgan fingerprint density at radius 1 is 1.04 bits per heavy atom. The summed E-state index contributed by atoms with van der Waals surface area (Å²) < 4.78 is 0. The largest absolute Gasteiger partial charge is 0.359 e. The smallest absolute Gasteiger partial charge is 0.207 e. The summed E-state index contributed by atoms with van der Waals surface area (Å²) in [6, 6.07) is 20.3. The maximum atomic E-state index is 12.7. The molecule has 2 aromatic carbocycles. The van der Waals surface area contributed by atoms with Gasteiger partial charge in [-0.2, -0.15) is 0 Å². The highest BCUT2D eigenvalue weighted by atomic mass is 16.1. The number of benzene rings is 2. The first-order valence-electron chi connectivity index (χ1n) is 9.35. The van der Waals surface area contributed by atoms with Crippen LogP contribution in [0.3, 0.4) is 0 Å². The number of likely N-dealkylation sites (tertiary alicyclic amines) is 1. The fraction of sp³-hybridized carbons (Fsp3) is 0.364. The number of hydrogen-bond acceptors (Lipinski definition) is 3. The van der Waals surface area contributed by atoms with Crippen molar-refractivity contribution < 1.29 is 9.59 Å². The summed E-state index contributed by atoms with van der Waals surface area (Å²) in [6.45, 7) is 2.47. The van der Waals surface area contributed by atoms with E-state index < -0.39 is 0 Å². The fourth-order valence-electron chi connectivity index (χ4n) is 3.83. The number of hydrogen-bond donors (Lipinski definition) is 1. The van der Waals surface area contributed by atoms with E-state index in [0.29, 0.717) is 6.54 Å². The van der Waals surface area contributed by atoms with Gasteiger partial charge in [0.1, 0.15) is 0 Å². The van der Waals surface area contributed by atoms with Crippen LogP contribution in [0.5, 0.6) is 0 Å². The van der Waals surface area contributed by atoms with Gasteiger partial charge >= 0.3 is 0 Å². The zero-order valence-electron chi connectivity index (χ0n) is 15.0. The topological polar surface area (TPSA) is 49.4 Å². The number of rotatable bonds is 8. The molecule has 1 unspecified atom stereocenters. The van der Waals surface area contributed by atoms with Gasteiger partial charge in [0.05, 0.1) is 0 Å². The second kappa shape index (κ2) is 9.30. The van der Waals surface area contributed by atoms with E-state index in [9.17, 15) is 9.59 Å². The van der Waals surface area contributed by atoms with Crippen molar-refractivity contribution in [1.82, 2.24) is 10.2 Å². The summed E-state index contributed by atoms with van der Waals surface area (Å²) in [4.78, 5) is 25.7. The third-order valence-corrected chi connectivity index (χ3v) is 5.23.